The Labute approximate surface area is 283 Å². The Bertz CT molecular complexity index is 1380. The molecule has 4 amide bonds. The lowest BCUT2D eigenvalue weighted by atomic mass is 9.79. The van der Waals surface area contributed by atoms with Crippen molar-refractivity contribution in [3.63, 3.8) is 0 Å². The molecule has 14 nitrogen and oxygen atoms in total. The topological polar surface area (TPSA) is 175 Å². The molecule has 1 aliphatic heterocycles. The molecule has 2 aromatic heterocycles. The van der Waals surface area contributed by atoms with Gasteiger partial charge in [0.25, 0.3) is 0 Å². The smallest absolute Gasteiger partial charge is 0.407 e. The van der Waals surface area contributed by atoms with Crippen molar-refractivity contribution >= 4 is 24.0 Å². The first kappa shape index (κ1) is 36.7. The first-order valence-electron chi connectivity index (χ1n) is 17.3. The standard InChI is InChI=1S/C34H54N8O6/c1-8-15-41(31(43)28(20(2)3)39-33(45)47-6)19-27-35-17-24(37-27)22-11-13-23(14-12-22)25-18-36-30(38-25)26-10-9-16-42(26)32(44)29(21(4)5)40-34(46)48-7/h17-18,20-23,26,28-29H,8-16,19H2,1-7H3,(H,35,37)(H,36,38)(H,39,45)(H,40,46)/t22?,23?,26-,28?,29-/m1/s1. The van der Waals surface area contributed by atoms with Crippen molar-refractivity contribution in [2.45, 2.75) is 116 Å². The number of alkyl carbamates (subject to hydrolysis) is 2. The molecule has 2 aromatic rings. The fourth-order valence-electron chi connectivity index (χ4n) is 6.92. The maximum Gasteiger partial charge on any atom is 0.407 e. The number of amides is 4. The number of methoxy groups -OCH3 is 2. The molecule has 1 saturated heterocycles. The summed E-state index contributed by atoms with van der Waals surface area (Å²) in [5, 5.41) is 5.38. The molecule has 0 spiro atoms. The molecule has 2 fully saturated rings. The lowest BCUT2D eigenvalue weighted by Gasteiger charge is -2.30. The molecule has 1 unspecified atom stereocenters. The normalized spacial score (nSPS) is 20.8. The number of carbonyl (C=O) groups excluding carboxylic acids is 4. The molecule has 0 radical (unpaired) electrons. The highest BCUT2D eigenvalue weighted by atomic mass is 16.5. The molecule has 3 heterocycles. The second kappa shape index (κ2) is 16.8. The minimum atomic E-state index is -0.686. The number of H-pyrrole nitrogens is 2. The molecule has 0 aromatic carbocycles. The predicted molar refractivity (Wildman–Crippen MR) is 179 cm³/mol. The zero-order valence-corrected chi connectivity index (χ0v) is 29.5. The SMILES string of the molecule is CCCN(Cc1ncc(C2CCC(c3cnc([C@H]4CCCN4C(=O)[C@H](NC(=O)OC)C(C)C)[nH]3)CC2)[nH]1)C(=O)C(NC(=O)OC)C(C)C. The Morgan fingerprint density at radius 1 is 0.875 bits per heavy atom. The van der Waals surface area contributed by atoms with Crippen LogP contribution in [-0.2, 0) is 25.6 Å². The fourth-order valence-corrected chi connectivity index (χ4v) is 6.92. The molecule has 266 valence electrons. The van der Waals surface area contributed by atoms with Crippen LogP contribution < -0.4 is 10.6 Å². The van der Waals surface area contributed by atoms with Crippen LogP contribution in [0.15, 0.2) is 12.4 Å². The highest BCUT2D eigenvalue weighted by Crippen LogP contribution is 2.40. The summed E-state index contributed by atoms with van der Waals surface area (Å²) < 4.78 is 9.49. The van der Waals surface area contributed by atoms with Gasteiger partial charge in [0, 0.05) is 48.7 Å². The van der Waals surface area contributed by atoms with Crippen molar-refractivity contribution in [2.75, 3.05) is 27.3 Å². The van der Waals surface area contributed by atoms with E-state index in [9.17, 15) is 19.2 Å². The van der Waals surface area contributed by atoms with Crippen LogP contribution in [0.5, 0.6) is 0 Å². The average molecular weight is 671 g/mol. The Hall–Kier alpha value is -4.10. The van der Waals surface area contributed by atoms with Gasteiger partial charge in [-0.3, -0.25) is 9.59 Å². The van der Waals surface area contributed by atoms with Gasteiger partial charge < -0.3 is 39.9 Å². The van der Waals surface area contributed by atoms with Crippen molar-refractivity contribution in [2.24, 2.45) is 11.8 Å². The Morgan fingerprint density at radius 3 is 2.00 bits per heavy atom. The van der Waals surface area contributed by atoms with Gasteiger partial charge in [-0.1, -0.05) is 34.6 Å². The van der Waals surface area contributed by atoms with Crippen LogP contribution in [0.25, 0.3) is 0 Å². The highest BCUT2D eigenvalue weighted by molar-refractivity contribution is 5.87. The number of hydrogen-bond donors (Lipinski definition) is 4. The van der Waals surface area contributed by atoms with E-state index in [-0.39, 0.29) is 29.7 Å². The monoisotopic (exact) mass is 670 g/mol. The van der Waals surface area contributed by atoms with E-state index in [4.69, 9.17) is 14.5 Å². The number of imidazole rings is 2. The Balaban J connectivity index is 1.35. The molecular formula is C34H54N8O6. The summed E-state index contributed by atoms with van der Waals surface area (Å²) in [5.74, 6) is 1.74. The average Bonchev–Trinajstić information content (AvgIpc) is 3.86. The van der Waals surface area contributed by atoms with Crippen molar-refractivity contribution in [1.82, 2.24) is 40.4 Å². The lowest BCUT2D eigenvalue weighted by Crippen LogP contribution is -2.51. The molecule has 2 aliphatic rings. The van der Waals surface area contributed by atoms with E-state index < -0.39 is 24.3 Å². The maximum absolute atomic E-state index is 13.5. The van der Waals surface area contributed by atoms with Crippen LogP contribution in [0, 0.1) is 11.8 Å². The molecule has 1 saturated carbocycles. The summed E-state index contributed by atoms with van der Waals surface area (Å²) in [7, 11) is 2.58. The molecule has 3 atom stereocenters. The van der Waals surface area contributed by atoms with Crippen molar-refractivity contribution < 1.29 is 28.7 Å². The Kier molecular flexibility index (Phi) is 12.9. The highest BCUT2D eigenvalue weighted by Gasteiger charge is 2.38. The second-order valence-corrected chi connectivity index (χ2v) is 13.7. The van der Waals surface area contributed by atoms with Gasteiger partial charge in [0.2, 0.25) is 11.8 Å². The quantitative estimate of drug-likeness (QED) is 0.236. The zero-order chi connectivity index (χ0) is 35.0. The molecular weight excluding hydrogens is 616 g/mol. The van der Waals surface area contributed by atoms with E-state index in [1.54, 1.807) is 4.90 Å². The van der Waals surface area contributed by atoms with Crippen LogP contribution in [0.1, 0.15) is 120 Å². The summed E-state index contributed by atoms with van der Waals surface area (Å²) in [6, 6.07) is -1.51. The van der Waals surface area contributed by atoms with Gasteiger partial charge in [-0.15, -0.1) is 0 Å². The minimum Gasteiger partial charge on any atom is -0.453 e. The third-order valence-corrected chi connectivity index (χ3v) is 9.65. The molecule has 4 N–H and O–H groups in total. The van der Waals surface area contributed by atoms with Crippen LogP contribution in [0.2, 0.25) is 0 Å². The summed E-state index contributed by atoms with van der Waals surface area (Å²) >= 11 is 0. The number of rotatable bonds is 13. The Morgan fingerprint density at radius 2 is 1.44 bits per heavy atom. The number of aromatic amines is 2. The number of likely N-dealkylation sites (tertiary alicyclic amines) is 1. The zero-order valence-electron chi connectivity index (χ0n) is 29.5. The molecule has 48 heavy (non-hydrogen) atoms. The van der Waals surface area contributed by atoms with Crippen LogP contribution in [0.3, 0.4) is 0 Å². The number of nitrogens with zero attached hydrogens (tertiary/aromatic N) is 4. The molecule has 1 aliphatic carbocycles. The third-order valence-electron chi connectivity index (χ3n) is 9.65. The first-order chi connectivity index (χ1) is 23.0. The van der Waals surface area contributed by atoms with Gasteiger partial charge in [-0.05, 0) is 56.8 Å². The van der Waals surface area contributed by atoms with Crippen molar-refractivity contribution in [3.8, 4) is 0 Å². The van der Waals surface area contributed by atoms with E-state index in [0.29, 0.717) is 31.5 Å². The number of ether oxygens (including phenoxy) is 2. The summed E-state index contributed by atoms with van der Waals surface area (Å²) in [6.45, 7) is 11.1. The van der Waals surface area contributed by atoms with E-state index in [1.807, 2.05) is 51.9 Å². The van der Waals surface area contributed by atoms with E-state index in [2.05, 4.69) is 25.6 Å². The van der Waals surface area contributed by atoms with E-state index in [0.717, 1.165) is 68.0 Å². The number of aromatic nitrogens is 4. The first-order valence-corrected chi connectivity index (χ1v) is 17.3. The van der Waals surface area contributed by atoms with Crippen LogP contribution >= 0.6 is 0 Å². The van der Waals surface area contributed by atoms with Crippen molar-refractivity contribution in [1.29, 1.82) is 0 Å². The van der Waals surface area contributed by atoms with Gasteiger partial charge >= 0.3 is 12.2 Å². The van der Waals surface area contributed by atoms with Gasteiger partial charge in [0.1, 0.15) is 23.7 Å². The second-order valence-electron chi connectivity index (χ2n) is 13.7. The lowest BCUT2D eigenvalue weighted by molar-refractivity contribution is -0.136. The number of hydrogen-bond acceptors (Lipinski definition) is 8. The van der Waals surface area contributed by atoms with Crippen molar-refractivity contribution in [3.05, 3.63) is 35.4 Å². The van der Waals surface area contributed by atoms with Crippen LogP contribution in [0.4, 0.5) is 9.59 Å². The third kappa shape index (κ3) is 8.87. The fraction of sp³-hybridized carbons (Fsp3) is 0.706. The van der Waals surface area contributed by atoms with Gasteiger partial charge in [0.05, 0.1) is 26.8 Å². The minimum absolute atomic E-state index is 0.0866. The number of carbonyl (C=O) groups is 4. The van der Waals surface area contributed by atoms with E-state index in [1.165, 1.54) is 14.2 Å². The largest absolute Gasteiger partial charge is 0.453 e. The number of nitrogens with one attached hydrogen (secondary N) is 4. The van der Waals surface area contributed by atoms with E-state index >= 15 is 0 Å². The molecule has 4 rings (SSSR count). The summed E-state index contributed by atoms with van der Waals surface area (Å²) in [6.07, 6.45) is 8.99. The molecule has 14 heteroatoms. The summed E-state index contributed by atoms with van der Waals surface area (Å²) in [5.41, 5.74) is 2.17. The predicted octanol–water partition coefficient (Wildman–Crippen LogP) is 4.74. The van der Waals surface area contributed by atoms with Gasteiger partial charge in [-0.2, -0.15) is 0 Å². The summed E-state index contributed by atoms with van der Waals surface area (Å²) in [4.78, 5) is 70.7. The molecule has 0 bridgehead atoms. The maximum atomic E-state index is 13.5. The van der Waals surface area contributed by atoms with Gasteiger partial charge in [-0.25, -0.2) is 19.6 Å². The van der Waals surface area contributed by atoms with Gasteiger partial charge in [0.15, 0.2) is 0 Å². The van der Waals surface area contributed by atoms with Crippen LogP contribution in [-0.4, -0.2) is 93.1 Å².